The first-order chi connectivity index (χ1) is 9.04. The van der Waals surface area contributed by atoms with Gasteiger partial charge in [-0.1, -0.05) is 12.1 Å². The number of carbonyl (C=O) groups excluding carboxylic acids is 1. The summed E-state index contributed by atoms with van der Waals surface area (Å²) in [6.45, 7) is 0. The second-order valence-corrected chi connectivity index (χ2v) is 8.07. The van der Waals surface area contributed by atoms with Crippen LogP contribution in [0.15, 0.2) is 31.8 Å². The van der Waals surface area contributed by atoms with Crippen molar-refractivity contribution in [3.63, 3.8) is 0 Å². The summed E-state index contributed by atoms with van der Waals surface area (Å²) in [5.41, 5.74) is 3.40. The van der Waals surface area contributed by atoms with E-state index in [1.54, 1.807) is 0 Å². The third-order valence-electron chi connectivity index (χ3n) is 3.05. The molecule has 2 N–H and O–H groups in total. The van der Waals surface area contributed by atoms with Gasteiger partial charge in [-0.3, -0.25) is 4.79 Å². The molecule has 1 amide bonds. The molecular weight excluding hydrogens is 394 g/mol. The molecule has 0 saturated carbocycles. The molecule has 0 aliphatic carbocycles. The Labute approximate surface area is 130 Å². The van der Waals surface area contributed by atoms with Crippen molar-refractivity contribution in [2.75, 3.05) is 5.32 Å². The van der Waals surface area contributed by atoms with Crippen molar-refractivity contribution in [3.05, 3.63) is 48.5 Å². The maximum Gasteiger partial charge on any atom is 0.228 e. The quantitative estimate of drug-likeness (QED) is 0.801. The van der Waals surface area contributed by atoms with Crippen LogP contribution in [0.25, 0.3) is 0 Å². The first-order valence-electron chi connectivity index (χ1n) is 5.60. The molecule has 0 saturated heterocycles. The highest BCUT2D eigenvalue weighted by molar-refractivity contribution is 9.12. The largest absolute Gasteiger partial charge is 0.384 e. The van der Waals surface area contributed by atoms with Crippen molar-refractivity contribution < 1.29 is 9.90 Å². The Balaban J connectivity index is 1.97. The van der Waals surface area contributed by atoms with Crippen molar-refractivity contribution in [3.8, 4) is 0 Å². The van der Waals surface area contributed by atoms with Crippen LogP contribution >= 0.6 is 43.2 Å². The Kier molecular flexibility index (Phi) is 3.51. The van der Waals surface area contributed by atoms with E-state index >= 15 is 0 Å². The number of halogens is 2. The van der Waals surface area contributed by atoms with Gasteiger partial charge >= 0.3 is 0 Å². The summed E-state index contributed by atoms with van der Waals surface area (Å²) in [7, 11) is 0. The normalized spacial score (nSPS) is 15.2. The molecule has 1 aromatic heterocycles. The molecule has 1 aliphatic heterocycles. The van der Waals surface area contributed by atoms with Crippen molar-refractivity contribution >= 4 is 54.8 Å². The lowest BCUT2D eigenvalue weighted by atomic mass is 10.0. The van der Waals surface area contributed by atoms with Gasteiger partial charge in [-0.05, 0) is 55.1 Å². The van der Waals surface area contributed by atoms with Crippen LogP contribution in [0.2, 0.25) is 0 Å². The smallest absolute Gasteiger partial charge is 0.228 e. The number of fused-ring (bicyclic) bond motifs is 1. The standard InChI is InChI=1S/C13H9Br2NO2S/c14-10-5-8(13(15)19-10)12(18)6-1-2-9-7(3-6)4-11(17)16-9/h1-3,5,12,18H,4H2,(H,16,17). The van der Waals surface area contributed by atoms with Crippen LogP contribution in [0.4, 0.5) is 5.69 Å². The first kappa shape index (κ1) is 13.3. The van der Waals surface area contributed by atoms with Gasteiger partial charge in [0.15, 0.2) is 0 Å². The second kappa shape index (κ2) is 5.01. The minimum absolute atomic E-state index is 0.00102. The third kappa shape index (κ3) is 2.50. The molecule has 1 unspecified atom stereocenters. The second-order valence-electron chi connectivity index (χ2n) is 4.32. The Morgan fingerprint density at radius 2 is 2.11 bits per heavy atom. The molecule has 0 bridgehead atoms. The molecule has 0 spiro atoms. The molecule has 2 heterocycles. The fourth-order valence-electron chi connectivity index (χ4n) is 2.14. The van der Waals surface area contributed by atoms with Crippen molar-refractivity contribution in [1.82, 2.24) is 0 Å². The number of hydrogen-bond acceptors (Lipinski definition) is 3. The lowest BCUT2D eigenvalue weighted by Gasteiger charge is -2.11. The van der Waals surface area contributed by atoms with E-state index in [4.69, 9.17) is 0 Å². The van der Waals surface area contributed by atoms with E-state index < -0.39 is 6.10 Å². The number of rotatable bonds is 2. The molecule has 3 rings (SSSR count). The van der Waals surface area contributed by atoms with Crippen LogP contribution in [0.5, 0.6) is 0 Å². The summed E-state index contributed by atoms with van der Waals surface area (Å²) in [6, 6.07) is 7.47. The number of aliphatic hydroxyl groups is 1. The molecule has 1 aliphatic rings. The Morgan fingerprint density at radius 1 is 1.32 bits per heavy atom. The maximum absolute atomic E-state index is 11.3. The van der Waals surface area contributed by atoms with Crippen LogP contribution < -0.4 is 5.32 Å². The zero-order chi connectivity index (χ0) is 13.6. The Morgan fingerprint density at radius 3 is 2.79 bits per heavy atom. The van der Waals surface area contributed by atoms with Gasteiger partial charge in [0, 0.05) is 11.3 Å². The van der Waals surface area contributed by atoms with Gasteiger partial charge in [0.05, 0.1) is 14.0 Å². The van der Waals surface area contributed by atoms with Gasteiger partial charge in [0.1, 0.15) is 6.10 Å². The monoisotopic (exact) mass is 401 g/mol. The van der Waals surface area contributed by atoms with Gasteiger partial charge in [0.2, 0.25) is 5.91 Å². The first-order valence-corrected chi connectivity index (χ1v) is 8.00. The zero-order valence-corrected chi connectivity index (χ0v) is 13.6. The summed E-state index contributed by atoms with van der Waals surface area (Å²) in [5, 5.41) is 13.2. The molecule has 2 aromatic rings. The lowest BCUT2D eigenvalue weighted by molar-refractivity contribution is -0.115. The molecule has 1 atom stereocenters. The van der Waals surface area contributed by atoms with E-state index in [1.807, 2.05) is 24.3 Å². The van der Waals surface area contributed by atoms with E-state index in [0.717, 1.165) is 30.0 Å². The van der Waals surface area contributed by atoms with Gasteiger partial charge < -0.3 is 10.4 Å². The van der Waals surface area contributed by atoms with E-state index in [2.05, 4.69) is 37.2 Å². The summed E-state index contributed by atoms with van der Waals surface area (Å²) in [6.07, 6.45) is -0.317. The number of benzene rings is 1. The molecule has 6 heteroatoms. The number of amides is 1. The predicted molar refractivity (Wildman–Crippen MR) is 82.6 cm³/mol. The fourth-order valence-corrected chi connectivity index (χ4v) is 5.02. The Hall–Kier alpha value is -0.690. The molecule has 1 aromatic carbocycles. The minimum atomic E-state index is -0.696. The molecule has 3 nitrogen and oxygen atoms in total. The molecular formula is C13H9Br2NO2S. The number of nitrogens with one attached hydrogen (secondary N) is 1. The van der Waals surface area contributed by atoms with Crippen LogP contribution in [0.3, 0.4) is 0 Å². The number of hydrogen-bond donors (Lipinski definition) is 2. The van der Waals surface area contributed by atoms with Crippen LogP contribution in [-0.4, -0.2) is 11.0 Å². The number of carbonyl (C=O) groups is 1. The van der Waals surface area contributed by atoms with Gasteiger partial charge in [-0.25, -0.2) is 0 Å². The lowest BCUT2D eigenvalue weighted by Crippen LogP contribution is -2.03. The molecule has 19 heavy (non-hydrogen) atoms. The van der Waals surface area contributed by atoms with Gasteiger partial charge in [0.25, 0.3) is 0 Å². The summed E-state index contributed by atoms with van der Waals surface area (Å²) >= 11 is 8.38. The Bertz CT molecular complexity index is 669. The van der Waals surface area contributed by atoms with E-state index in [0.29, 0.717) is 6.42 Å². The third-order valence-corrected chi connectivity index (χ3v) is 5.43. The van der Waals surface area contributed by atoms with E-state index in [1.165, 1.54) is 11.3 Å². The van der Waals surface area contributed by atoms with Gasteiger partial charge in [-0.15, -0.1) is 11.3 Å². The average molecular weight is 403 g/mol. The summed E-state index contributed by atoms with van der Waals surface area (Å²) in [4.78, 5) is 11.3. The topological polar surface area (TPSA) is 49.3 Å². The highest BCUT2D eigenvalue weighted by atomic mass is 79.9. The molecule has 0 fully saturated rings. The molecule has 0 radical (unpaired) electrons. The van der Waals surface area contributed by atoms with Crippen molar-refractivity contribution in [1.29, 1.82) is 0 Å². The highest BCUT2D eigenvalue weighted by Crippen LogP contribution is 2.38. The number of anilines is 1. The van der Waals surface area contributed by atoms with Crippen molar-refractivity contribution in [2.24, 2.45) is 0 Å². The van der Waals surface area contributed by atoms with Gasteiger partial charge in [-0.2, -0.15) is 0 Å². The summed E-state index contributed by atoms with van der Waals surface area (Å²) in [5.74, 6) is 0.00102. The fraction of sp³-hybridized carbons (Fsp3) is 0.154. The number of aliphatic hydroxyl groups excluding tert-OH is 1. The maximum atomic E-state index is 11.3. The van der Waals surface area contributed by atoms with E-state index in [-0.39, 0.29) is 5.91 Å². The minimum Gasteiger partial charge on any atom is -0.384 e. The predicted octanol–water partition coefficient (Wildman–Crippen LogP) is 3.85. The zero-order valence-electron chi connectivity index (χ0n) is 9.61. The van der Waals surface area contributed by atoms with Crippen molar-refractivity contribution in [2.45, 2.75) is 12.5 Å². The van der Waals surface area contributed by atoms with E-state index in [9.17, 15) is 9.90 Å². The summed E-state index contributed by atoms with van der Waals surface area (Å²) < 4.78 is 1.87. The van der Waals surface area contributed by atoms with Crippen LogP contribution in [0, 0.1) is 0 Å². The molecule has 98 valence electrons. The van der Waals surface area contributed by atoms with Crippen LogP contribution in [0.1, 0.15) is 22.8 Å². The number of thiophene rings is 1. The average Bonchev–Trinajstić information content (AvgIpc) is 2.88. The van der Waals surface area contributed by atoms with Crippen LogP contribution in [-0.2, 0) is 11.2 Å². The SMILES string of the molecule is O=C1Cc2cc(C(O)c3cc(Br)sc3Br)ccc2N1. The highest BCUT2D eigenvalue weighted by Gasteiger charge is 2.21.